The van der Waals surface area contributed by atoms with Crippen molar-refractivity contribution in [3.63, 3.8) is 0 Å². The normalized spacial score (nSPS) is 11.8. The van der Waals surface area contributed by atoms with Crippen molar-refractivity contribution in [2.45, 2.75) is 13.0 Å². The summed E-state index contributed by atoms with van der Waals surface area (Å²) in [5.74, 6) is -0.407. The monoisotopic (exact) mass is 487 g/mol. The molecular weight excluding hydrogens is 466 g/mol. The molecule has 4 aromatic rings. The Morgan fingerprint density at radius 1 is 0.971 bits per heavy atom. The highest BCUT2D eigenvalue weighted by Gasteiger charge is 2.18. The van der Waals surface area contributed by atoms with Crippen molar-refractivity contribution < 1.29 is 9.59 Å². The summed E-state index contributed by atoms with van der Waals surface area (Å²) < 4.78 is 0. The van der Waals surface area contributed by atoms with Crippen molar-refractivity contribution in [3.05, 3.63) is 118 Å². The molecule has 1 heterocycles. The van der Waals surface area contributed by atoms with Gasteiger partial charge in [-0.25, -0.2) is 4.98 Å². The molecule has 0 fully saturated rings. The topological polar surface area (TPSA) is 62.3 Å². The largest absolute Gasteiger partial charge is 0.342 e. The van der Waals surface area contributed by atoms with Crippen LogP contribution in [0.25, 0.3) is 6.08 Å². The Hall–Kier alpha value is -3.74. The van der Waals surface area contributed by atoms with Gasteiger partial charge in [-0.2, -0.15) is 0 Å². The first-order valence-electron chi connectivity index (χ1n) is 10.6. The molecule has 2 amide bonds. The molecule has 1 unspecified atom stereocenters. The lowest BCUT2D eigenvalue weighted by Crippen LogP contribution is -2.27. The molecule has 0 saturated heterocycles. The van der Waals surface area contributed by atoms with Crippen molar-refractivity contribution in [2.24, 2.45) is 0 Å². The van der Waals surface area contributed by atoms with Crippen LogP contribution in [0.4, 0.5) is 10.8 Å². The molecule has 7 heteroatoms. The summed E-state index contributed by atoms with van der Waals surface area (Å²) in [5, 5.41) is 6.00. The number of amides is 2. The minimum Gasteiger partial charge on any atom is -0.342 e. The summed E-state index contributed by atoms with van der Waals surface area (Å²) in [5.41, 5.74) is 3.17. The van der Waals surface area contributed by atoms with Gasteiger partial charge in [0, 0.05) is 23.4 Å². The summed E-state index contributed by atoms with van der Waals surface area (Å²) in [6.45, 7) is 1.50. The van der Waals surface area contributed by atoms with E-state index in [9.17, 15) is 9.59 Å². The van der Waals surface area contributed by atoms with Crippen LogP contribution >= 0.6 is 22.9 Å². The highest BCUT2D eigenvalue weighted by Crippen LogP contribution is 2.29. The molecule has 170 valence electrons. The number of para-hydroxylation sites is 1. The van der Waals surface area contributed by atoms with E-state index in [0.717, 1.165) is 16.8 Å². The first-order chi connectivity index (χ1) is 16.5. The molecule has 1 N–H and O–H groups in total. The van der Waals surface area contributed by atoms with Crippen LogP contribution in [0.1, 0.15) is 29.8 Å². The van der Waals surface area contributed by atoms with Crippen molar-refractivity contribution in [2.75, 3.05) is 4.90 Å². The number of aromatic nitrogens is 1. The van der Waals surface area contributed by atoms with Gasteiger partial charge >= 0.3 is 0 Å². The molecular formula is C27H22ClN3O2S. The molecule has 0 radical (unpaired) electrons. The van der Waals surface area contributed by atoms with E-state index in [1.807, 2.05) is 84.2 Å². The van der Waals surface area contributed by atoms with Gasteiger partial charge in [-0.15, -0.1) is 11.3 Å². The van der Waals surface area contributed by atoms with Gasteiger partial charge in [0.15, 0.2) is 5.13 Å². The van der Waals surface area contributed by atoms with Crippen molar-refractivity contribution in [3.8, 4) is 0 Å². The average molecular weight is 488 g/mol. The Balaban J connectivity index is 1.52. The third kappa shape index (κ3) is 5.78. The Kier molecular flexibility index (Phi) is 7.52. The van der Waals surface area contributed by atoms with Crippen molar-refractivity contribution in [1.29, 1.82) is 0 Å². The Labute approximate surface area is 207 Å². The predicted molar refractivity (Wildman–Crippen MR) is 138 cm³/mol. The fourth-order valence-electron chi connectivity index (χ4n) is 3.50. The third-order valence-corrected chi connectivity index (χ3v) is 6.12. The highest BCUT2D eigenvalue weighted by atomic mass is 35.5. The van der Waals surface area contributed by atoms with Crippen LogP contribution in [0, 0.1) is 0 Å². The first-order valence-corrected chi connectivity index (χ1v) is 11.9. The van der Waals surface area contributed by atoms with E-state index >= 15 is 0 Å². The Bertz CT molecular complexity index is 1310. The maximum Gasteiger partial charge on any atom is 0.244 e. The van der Waals surface area contributed by atoms with Crippen molar-refractivity contribution in [1.82, 2.24) is 10.3 Å². The lowest BCUT2D eigenvalue weighted by molar-refractivity contribution is -0.117. The van der Waals surface area contributed by atoms with Crippen LogP contribution in [0.2, 0.25) is 5.02 Å². The second-order valence-electron chi connectivity index (χ2n) is 7.49. The van der Waals surface area contributed by atoms with Gasteiger partial charge in [0.1, 0.15) is 0 Å². The number of thiazole rings is 1. The highest BCUT2D eigenvalue weighted by molar-refractivity contribution is 7.14. The number of benzene rings is 3. The molecule has 34 heavy (non-hydrogen) atoms. The smallest absolute Gasteiger partial charge is 0.244 e. The van der Waals surface area contributed by atoms with Crippen LogP contribution in [-0.4, -0.2) is 16.8 Å². The number of nitrogens with one attached hydrogen (secondary N) is 1. The number of hydrogen-bond donors (Lipinski definition) is 1. The molecule has 1 aromatic heterocycles. The van der Waals surface area contributed by atoms with Crippen LogP contribution in [-0.2, 0) is 9.59 Å². The van der Waals surface area contributed by atoms with Crippen LogP contribution < -0.4 is 10.2 Å². The molecule has 5 nitrogen and oxygen atoms in total. The number of carbonyl (C=O) groups is 2. The molecule has 0 spiro atoms. The Morgan fingerprint density at radius 2 is 1.65 bits per heavy atom. The van der Waals surface area contributed by atoms with Crippen LogP contribution in [0.3, 0.4) is 0 Å². The zero-order valence-electron chi connectivity index (χ0n) is 18.4. The third-order valence-electron chi connectivity index (χ3n) is 5.04. The fourth-order valence-corrected chi connectivity index (χ4v) is 4.56. The molecule has 4 rings (SSSR count). The zero-order valence-corrected chi connectivity index (χ0v) is 20.0. The lowest BCUT2D eigenvalue weighted by Gasteiger charge is -2.19. The SMILES string of the molecule is CC(=O)N(c1ccccc1)c1nc(/C=C/C(=O)NC(c2ccccc2)c2cccc(Cl)c2)cs1. The van der Waals surface area contributed by atoms with E-state index < -0.39 is 0 Å². The number of rotatable bonds is 7. The van der Waals surface area contributed by atoms with E-state index in [4.69, 9.17) is 11.6 Å². The maximum absolute atomic E-state index is 12.8. The number of hydrogen-bond acceptors (Lipinski definition) is 4. The standard InChI is InChI=1S/C27H22ClN3O2S/c1-19(32)31(24-13-6-3-7-14-24)27-29-23(18-34-27)15-16-25(33)30-26(20-9-4-2-5-10-20)21-11-8-12-22(28)17-21/h2-18,26H,1H3,(H,30,33)/b16-15+. The fraction of sp³-hybridized carbons (Fsp3) is 0.0741. The zero-order chi connectivity index (χ0) is 23.9. The van der Waals surface area contributed by atoms with Gasteiger partial charge in [0.25, 0.3) is 0 Å². The molecule has 0 aliphatic carbocycles. The van der Waals surface area contributed by atoms with E-state index in [2.05, 4.69) is 10.3 Å². The van der Waals surface area contributed by atoms with Gasteiger partial charge in [-0.1, -0.05) is 72.3 Å². The van der Waals surface area contributed by atoms with E-state index in [0.29, 0.717) is 15.8 Å². The second kappa shape index (κ2) is 10.9. The average Bonchev–Trinajstić information content (AvgIpc) is 3.30. The van der Waals surface area contributed by atoms with Crippen LogP contribution in [0.15, 0.2) is 96.4 Å². The van der Waals surface area contributed by atoms with Gasteiger partial charge in [0.2, 0.25) is 11.8 Å². The molecule has 0 aliphatic heterocycles. The summed E-state index contributed by atoms with van der Waals surface area (Å²) in [4.78, 5) is 31.1. The number of carbonyl (C=O) groups excluding carboxylic acids is 2. The van der Waals surface area contributed by atoms with Crippen LogP contribution in [0.5, 0.6) is 0 Å². The number of halogens is 1. The van der Waals surface area contributed by atoms with Gasteiger partial charge in [-0.05, 0) is 41.5 Å². The summed E-state index contributed by atoms with van der Waals surface area (Å²) in [7, 11) is 0. The summed E-state index contributed by atoms with van der Waals surface area (Å²) in [6, 6.07) is 26.1. The minimum absolute atomic E-state index is 0.138. The molecule has 3 aromatic carbocycles. The first kappa shape index (κ1) is 23.4. The molecule has 0 aliphatic rings. The Morgan fingerprint density at radius 3 is 2.32 bits per heavy atom. The number of anilines is 2. The summed E-state index contributed by atoms with van der Waals surface area (Å²) in [6.07, 6.45) is 3.08. The summed E-state index contributed by atoms with van der Waals surface area (Å²) >= 11 is 7.52. The lowest BCUT2D eigenvalue weighted by atomic mass is 9.98. The van der Waals surface area contributed by atoms with E-state index in [1.165, 1.54) is 24.3 Å². The van der Waals surface area contributed by atoms with Gasteiger partial charge < -0.3 is 5.32 Å². The minimum atomic E-state index is -0.352. The molecule has 0 bridgehead atoms. The molecule has 0 saturated carbocycles. The predicted octanol–water partition coefficient (Wildman–Crippen LogP) is 6.40. The van der Waals surface area contributed by atoms with Gasteiger partial charge in [0.05, 0.1) is 17.4 Å². The van der Waals surface area contributed by atoms with Crippen molar-refractivity contribution >= 4 is 51.6 Å². The number of nitrogens with zero attached hydrogens (tertiary/aromatic N) is 2. The maximum atomic E-state index is 12.8. The second-order valence-corrected chi connectivity index (χ2v) is 8.76. The van der Waals surface area contributed by atoms with E-state index in [1.54, 1.807) is 17.0 Å². The molecule has 1 atom stereocenters. The quantitative estimate of drug-likeness (QED) is 0.307. The van der Waals surface area contributed by atoms with E-state index in [-0.39, 0.29) is 17.9 Å². The van der Waals surface area contributed by atoms with Gasteiger partial charge in [-0.3, -0.25) is 14.5 Å².